The number of hydrogen-bond acceptors (Lipinski definition) is 2. The zero-order valence-corrected chi connectivity index (χ0v) is 11.6. The first-order valence-electron chi connectivity index (χ1n) is 7.11. The third-order valence-electron chi connectivity index (χ3n) is 4.47. The number of nitrogens with zero attached hydrogens (tertiary/aromatic N) is 1. The molecule has 0 bridgehead atoms. The number of carbonyl (C=O) groups is 1. The molecule has 0 saturated heterocycles. The van der Waals surface area contributed by atoms with Crippen molar-refractivity contribution in [1.82, 2.24) is 4.98 Å². The highest BCUT2D eigenvalue weighted by Crippen LogP contribution is 2.35. The van der Waals surface area contributed by atoms with Crippen LogP contribution in [0.4, 0.5) is 0 Å². The van der Waals surface area contributed by atoms with E-state index < -0.39 is 0 Å². The molecule has 1 aliphatic carbocycles. The van der Waals surface area contributed by atoms with Crippen LogP contribution in [0.2, 0.25) is 0 Å². The lowest BCUT2D eigenvalue weighted by molar-refractivity contribution is 0.0831. The fourth-order valence-corrected chi connectivity index (χ4v) is 2.92. The molecule has 3 unspecified atom stereocenters. The fourth-order valence-electron chi connectivity index (χ4n) is 2.92. The van der Waals surface area contributed by atoms with Gasteiger partial charge in [0.05, 0.1) is 0 Å². The van der Waals surface area contributed by atoms with E-state index in [1.807, 2.05) is 12.1 Å². The van der Waals surface area contributed by atoms with Gasteiger partial charge in [-0.25, -0.2) is 0 Å². The van der Waals surface area contributed by atoms with Crippen LogP contribution in [0.1, 0.15) is 56.1 Å². The molecule has 0 aliphatic heterocycles. The molecule has 2 rings (SSSR count). The predicted octanol–water partition coefficient (Wildman–Crippen LogP) is 3.90. The van der Waals surface area contributed by atoms with Crippen molar-refractivity contribution in [3.8, 4) is 0 Å². The molecule has 1 fully saturated rings. The molecule has 0 aromatic carbocycles. The Hall–Kier alpha value is -1.18. The first kappa shape index (κ1) is 13.3. The Kier molecular flexibility index (Phi) is 4.15. The Morgan fingerprint density at radius 2 is 2.11 bits per heavy atom. The molecular formula is C16H23NO. The van der Waals surface area contributed by atoms with E-state index in [0.29, 0.717) is 11.6 Å². The van der Waals surface area contributed by atoms with Gasteiger partial charge in [-0.2, -0.15) is 0 Å². The van der Waals surface area contributed by atoms with E-state index >= 15 is 0 Å². The number of aryl methyl sites for hydroxylation is 1. The predicted molar refractivity (Wildman–Crippen MR) is 73.6 cm³/mol. The van der Waals surface area contributed by atoms with Crippen molar-refractivity contribution < 1.29 is 4.79 Å². The highest BCUT2D eigenvalue weighted by atomic mass is 16.1. The van der Waals surface area contributed by atoms with Crippen molar-refractivity contribution >= 4 is 5.78 Å². The van der Waals surface area contributed by atoms with Crippen molar-refractivity contribution in [2.45, 2.75) is 46.5 Å². The molecular weight excluding hydrogens is 222 g/mol. The van der Waals surface area contributed by atoms with E-state index in [1.165, 1.54) is 6.42 Å². The van der Waals surface area contributed by atoms with E-state index in [0.717, 1.165) is 30.7 Å². The van der Waals surface area contributed by atoms with Gasteiger partial charge in [-0.05, 0) is 49.1 Å². The zero-order valence-electron chi connectivity index (χ0n) is 11.6. The molecule has 1 saturated carbocycles. The summed E-state index contributed by atoms with van der Waals surface area (Å²) in [5.74, 6) is 1.87. The van der Waals surface area contributed by atoms with Crippen LogP contribution in [-0.4, -0.2) is 10.8 Å². The van der Waals surface area contributed by atoms with Gasteiger partial charge < -0.3 is 0 Å². The second-order valence-electron chi connectivity index (χ2n) is 5.69. The summed E-state index contributed by atoms with van der Waals surface area (Å²) in [6, 6.07) is 3.94. The molecule has 98 valence electrons. The third-order valence-corrected chi connectivity index (χ3v) is 4.47. The molecule has 3 atom stereocenters. The normalized spacial score (nSPS) is 28.1. The Bertz CT molecular complexity index is 427. The highest BCUT2D eigenvalue weighted by Gasteiger charge is 2.30. The second kappa shape index (κ2) is 5.64. The van der Waals surface area contributed by atoms with Crippen molar-refractivity contribution in [3.05, 3.63) is 29.6 Å². The summed E-state index contributed by atoms with van der Waals surface area (Å²) < 4.78 is 0. The standard InChI is InChI=1S/C16H23NO/c1-4-13-6-5-9-17-15(13)16(18)14-8-7-11(2)12(3)10-14/h5-6,9,11-12,14H,4,7-8,10H2,1-3H3. The van der Waals surface area contributed by atoms with Crippen LogP contribution in [0, 0.1) is 17.8 Å². The van der Waals surface area contributed by atoms with E-state index in [2.05, 4.69) is 25.8 Å². The minimum absolute atomic E-state index is 0.191. The Balaban J connectivity index is 2.16. The third kappa shape index (κ3) is 2.63. The molecule has 0 radical (unpaired) electrons. The Morgan fingerprint density at radius 1 is 1.33 bits per heavy atom. The first-order valence-corrected chi connectivity index (χ1v) is 7.11. The minimum atomic E-state index is 0.191. The molecule has 0 spiro atoms. The van der Waals surface area contributed by atoms with Gasteiger partial charge in [-0.1, -0.05) is 26.8 Å². The number of pyridine rings is 1. The molecule has 0 N–H and O–H groups in total. The van der Waals surface area contributed by atoms with Gasteiger partial charge in [0.2, 0.25) is 0 Å². The summed E-state index contributed by atoms with van der Waals surface area (Å²) >= 11 is 0. The van der Waals surface area contributed by atoms with E-state index in [-0.39, 0.29) is 11.7 Å². The molecule has 2 nitrogen and oxygen atoms in total. The number of hydrogen-bond donors (Lipinski definition) is 0. The fraction of sp³-hybridized carbons (Fsp3) is 0.625. The van der Waals surface area contributed by atoms with Gasteiger partial charge in [0.25, 0.3) is 0 Å². The smallest absolute Gasteiger partial charge is 0.184 e. The summed E-state index contributed by atoms with van der Waals surface area (Å²) in [5, 5.41) is 0. The average molecular weight is 245 g/mol. The zero-order chi connectivity index (χ0) is 13.1. The Labute approximate surface area is 110 Å². The van der Waals surface area contributed by atoms with Crippen molar-refractivity contribution in [2.75, 3.05) is 0 Å². The molecule has 1 aromatic rings. The summed E-state index contributed by atoms with van der Waals surface area (Å²) in [7, 11) is 0. The lowest BCUT2D eigenvalue weighted by Gasteiger charge is -2.31. The molecule has 0 amide bonds. The second-order valence-corrected chi connectivity index (χ2v) is 5.69. The number of ketones is 1. The van der Waals surface area contributed by atoms with Crippen molar-refractivity contribution in [1.29, 1.82) is 0 Å². The van der Waals surface area contributed by atoms with Gasteiger partial charge in [-0.3, -0.25) is 9.78 Å². The number of Topliss-reactive ketones (excluding diaryl/α,β-unsaturated/α-hetero) is 1. The van der Waals surface area contributed by atoms with E-state index in [1.54, 1.807) is 6.20 Å². The van der Waals surface area contributed by atoms with Gasteiger partial charge >= 0.3 is 0 Å². The maximum Gasteiger partial charge on any atom is 0.184 e. The number of aromatic nitrogens is 1. The first-order chi connectivity index (χ1) is 8.63. The maximum absolute atomic E-state index is 12.6. The minimum Gasteiger partial charge on any atom is -0.292 e. The molecule has 1 heterocycles. The summed E-state index contributed by atoms with van der Waals surface area (Å²) in [6.07, 6.45) is 5.85. The van der Waals surface area contributed by atoms with Gasteiger partial charge in [0, 0.05) is 12.1 Å². The number of rotatable bonds is 3. The van der Waals surface area contributed by atoms with Crippen molar-refractivity contribution in [2.24, 2.45) is 17.8 Å². The Morgan fingerprint density at radius 3 is 2.78 bits per heavy atom. The number of carbonyl (C=O) groups excluding carboxylic acids is 1. The van der Waals surface area contributed by atoms with Gasteiger partial charge in [-0.15, -0.1) is 0 Å². The van der Waals surface area contributed by atoms with Gasteiger partial charge in [0.1, 0.15) is 5.69 Å². The summed E-state index contributed by atoms with van der Waals surface area (Å²) in [4.78, 5) is 16.9. The van der Waals surface area contributed by atoms with E-state index in [4.69, 9.17) is 0 Å². The quantitative estimate of drug-likeness (QED) is 0.756. The SMILES string of the molecule is CCc1cccnc1C(=O)C1CCC(C)C(C)C1. The molecule has 1 aliphatic rings. The van der Waals surface area contributed by atoms with E-state index in [9.17, 15) is 4.79 Å². The maximum atomic E-state index is 12.6. The van der Waals surface area contributed by atoms with Crippen molar-refractivity contribution in [3.63, 3.8) is 0 Å². The lowest BCUT2D eigenvalue weighted by Crippen LogP contribution is -2.27. The molecule has 2 heteroatoms. The van der Waals surface area contributed by atoms with Crippen LogP contribution in [0.15, 0.2) is 18.3 Å². The monoisotopic (exact) mass is 245 g/mol. The van der Waals surface area contributed by atoms with Crippen LogP contribution in [-0.2, 0) is 6.42 Å². The molecule has 18 heavy (non-hydrogen) atoms. The highest BCUT2D eigenvalue weighted by molar-refractivity contribution is 5.97. The van der Waals surface area contributed by atoms with Crippen LogP contribution in [0.25, 0.3) is 0 Å². The largest absolute Gasteiger partial charge is 0.292 e. The summed E-state index contributed by atoms with van der Waals surface area (Å²) in [6.45, 7) is 6.65. The molecule has 1 aromatic heterocycles. The van der Waals surface area contributed by atoms with Gasteiger partial charge in [0.15, 0.2) is 5.78 Å². The summed E-state index contributed by atoms with van der Waals surface area (Å²) in [5.41, 5.74) is 1.81. The topological polar surface area (TPSA) is 30.0 Å². The van der Waals surface area contributed by atoms with Crippen LogP contribution < -0.4 is 0 Å². The van der Waals surface area contributed by atoms with Crippen LogP contribution in [0.3, 0.4) is 0 Å². The lowest BCUT2D eigenvalue weighted by atomic mass is 9.73. The van der Waals surface area contributed by atoms with Crippen LogP contribution >= 0.6 is 0 Å². The average Bonchev–Trinajstić information content (AvgIpc) is 2.41. The van der Waals surface area contributed by atoms with Crippen LogP contribution in [0.5, 0.6) is 0 Å².